The summed E-state index contributed by atoms with van der Waals surface area (Å²) in [6.07, 6.45) is 8.12. The molecule has 1 fully saturated rings. The Kier molecular flexibility index (Phi) is 4.10. The third kappa shape index (κ3) is 3.99. The number of nitrogens with one attached hydrogen (secondary N) is 1. The zero-order valence-electron chi connectivity index (χ0n) is 10.2. The molecule has 0 radical (unpaired) electrons. The minimum Gasteiger partial charge on any atom is -0.310 e. The minimum atomic E-state index is 0.709. The summed E-state index contributed by atoms with van der Waals surface area (Å²) in [5.74, 6) is 0. The fourth-order valence-corrected chi connectivity index (χ4v) is 2.43. The molecular weight excluding hydrogens is 324 g/mol. The lowest BCUT2D eigenvalue weighted by Crippen LogP contribution is -2.15. The van der Waals surface area contributed by atoms with E-state index < -0.39 is 0 Å². The van der Waals surface area contributed by atoms with Gasteiger partial charge in [0.2, 0.25) is 0 Å². The molecule has 6 heteroatoms. The molecule has 1 saturated carbocycles. The van der Waals surface area contributed by atoms with Crippen molar-refractivity contribution in [1.29, 1.82) is 0 Å². The van der Waals surface area contributed by atoms with Gasteiger partial charge >= 0.3 is 0 Å². The van der Waals surface area contributed by atoms with E-state index in [-0.39, 0.29) is 0 Å². The SMILES string of the molecule is Brc1ccc(Sc2ncc(CNC3CC3)cn2)nc1. The van der Waals surface area contributed by atoms with Crippen molar-refractivity contribution in [2.45, 2.75) is 35.6 Å². The number of aromatic nitrogens is 3. The van der Waals surface area contributed by atoms with Crippen molar-refractivity contribution in [3.05, 3.63) is 40.8 Å². The maximum atomic E-state index is 4.35. The Bertz CT molecular complexity index is 540. The Labute approximate surface area is 124 Å². The van der Waals surface area contributed by atoms with Gasteiger partial charge in [0.15, 0.2) is 5.16 Å². The van der Waals surface area contributed by atoms with E-state index in [1.165, 1.54) is 24.6 Å². The fraction of sp³-hybridized carbons (Fsp3) is 0.308. The van der Waals surface area contributed by atoms with Crippen LogP contribution in [0.25, 0.3) is 0 Å². The predicted octanol–water partition coefficient (Wildman–Crippen LogP) is 3.04. The van der Waals surface area contributed by atoms with Crippen molar-refractivity contribution >= 4 is 27.7 Å². The van der Waals surface area contributed by atoms with Gasteiger partial charge in [-0.25, -0.2) is 15.0 Å². The molecule has 1 aliphatic rings. The smallest absolute Gasteiger partial charge is 0.193 e. The van der Waals surface area contributed by atoms with Gasteiger partial charge in [-0.1, -0.05) is 0 Å². The van der Waals surface area contributed by atoms with Crippen LogP contribution in [0.3, 0.4) is 0 Å². The van der Waals surface area contributed by atoms with Crippen LogP contribution >= 0.6 is 27.7 Å². The Morgan fingerprint density at radius 3 is 2.58 bits per heavy atom. The summed E-state index contributed by atoms with van der Waals surface area (Å²) in [6.45, 7) is 0.853. The first-order valence-electron chi connectivity index (χ1n) is 6.13. The molecule has 3 rings (SSSR count). The van der Waals surface area contributed by atoms with Gasteiger partial charge in [-0.3, -0.25) is 0 Å². The maximum Gasteiger partial charge on any atom is 0.193 e. The van der Waals surface area contributed by atoms with E-state index in [0.29, 0.717) is 6.04 Å². The first kappa shape index (κ1) is 13.0. The van der Waals surface area contributed by atoms with Gasteiger partial charge < -0.3 is 5.32 Å². The van der Waals surface area contributed by atoms with Crippen molar-refractivity contribution in [3.63, 3.8) is 0 Å². The molecular formula is C13H13BrN4S. The third-order valence-corrected chi connectivity index (χ3v) is 4.06. The lowest BCUT2D eigenvalue weighted by molar-refractivity contribution is 0.680. The zero-order valence-corrected chi connectivity index (χ0v) is 12.6. The van der Waals surface area contributed by atoms with Crippen LogP contribution in [0.2, 0.25) is 0 Å². The molecule has 0 saturated heterocycles. The molecule has 4 nitrogen and oxygen atoms in total. The molecule has 1 aliphatic carbocycles. The summed E-state index contributed by atoms with van der Waals surface area (Å²) in [5.41, 5.74) is 1.13. The van der Waals surface area contributed by atoms with Crippen molar-refractivity contribution in [2.75, 3.05) is 0 Å². The second-order valence-electron chi connectivity index (χ2n) is 4.45. The molecule has 0 aromatic carbocycles. The Hall–Kier alpha value is -0.980. The lowest BCUT2D eigenvalue weighted by atomic mass is 10.3. The van der Waals surface area contributed by atoms with Crippen LogP contribution in [0.4, 0.5) is 0 Å². The number of hydrogen-bond donors (Lipinski definition) is 1. The third-order valence-electron chi connectivity index (χ3n) is 2.75. The monoisotopic (exact) mass is 336 g/mol. The summed E-state index contributed by atoms with van der Waals surface area (Å²) in [6, 6.07) is 4.62. The minimum absolute atomic E-state index is 0.709. The molecule has 0 amide bonds. The summed E-state index contributed by atoms with van der Waals surface area (Å²) in [5, 5.41) is 5.07. The summed E-state index contributed by atoms with van der Waals surface area (Å²) < 4.78 is 0.972. The average Bonchev–Trinajstić information content (AvgIpc) is 3.25. The van der Waals surface area contributed by atoms with E-state index >= 15 is 0 Å². The number of halogens is 1. The lowest BCUT2D eigenvalue weighted by Gasteiger charge is -2.03. The van der Waals surface area contributed by atoms with Gasteiger partial charge in [0.05, 0.1) is 0 Å². The number of rotatable bonds is 5. The van der Waals surface area contributed by atoms with Crippen LogP contribution in [-0.4, -0.2) is 21.0 Å². The zero-order chi connectivity index (χ0) is 13.1. The fourth-order valence-electron chi connectivity index (χ4n) is 1.55. The largest absolute Gasteiger partial charge is 0.310 e. The summed E-state index contributed by atoms with van der Waals surface area (Å²) in [7, 11) is 0. The van der Waals surface area contributed by atoms with Gasteiger partial charge in [-0.05, 0) is 52.7 Å². The van der Waals surface area contributed by atoms with E-state index in [1.54, 1.807) is 6.20 Å². The van der Waals surface area contributed by atoms with Crippen LogP contribution in [0.5, 0.6) is 0 Å². The van der Waals surface area contributed by atoms with Crippen molar-refractivity contribution in [2.24, 2.45) is 0 Å². The van der Waals surface area contributed by atoms with Crippen LogP contribution < -0.4 is 5.32 Å². The maximum absolute atomic E-state index is 4.35. The van der Waals surface area contributed by atoms with Crippen LogP contribution in [0.1, 0.15) is 18.4 Å². The van der Waals surface area contributed by atoms with Gasteiger partial charge in [-0.2, -0.15) is 0 Å². The highest BCUT2D eigenvalue weighted by atomic mass is 79.9. The quantitative estimate of drug-likeness (QED) is 0.850. The van der Waals surface area contributed by atoms with E-state index in [1.807, 2.05) is 24.5 Å². The molecule has 98 valence electrons. The standard InChI is InChI=1S/C13H13BrN4S/c14-10-1-4-12(16-8-10)19-13-17-6-9(7-18-13)5-15-11-2-3-11/h1,4,6-8,11,15H,2-3,5H2. The molecule has 0 spiro atoms. The van der Waals surface area contributed by atoms with Crippen LogP contribution in [0, 0.1) is 0 Å². The number of nitrogens with zero attached hydrogens (tertiary/aromatic N) is 3. The highest BCUT2D eigenvalue weighted by molar-refractivity contribution is 9.10. The molecule has 2 aromatic heterocycles. The Morgan fingerprint density at radius 1 is 1.16 bits per heavy atom. The number of hydrogen-bond acceptors (Lipinski definition) is 5. The number of pyridine rings is 1. The molecule has 0 aliphatic heterocycles. The summed E-state index contributed by atoms with van der Waals surface area (Å²) >= 11 is 4.83. The molecule has 2 heterocycles. The van der Waals surface area contributed by atoms with Crippen molar-refractivity contribution < 1.29 is 0 Å². The molecule has 0 unspecified atom stereocenters. The van der Waals surface area contributed by atoms with E-state index in [4.69, 9.17) is 0 Å². The van der Waals surface area contributed by atoms with Crippen LogP contribution in [-0.2, 0) is 6.54 Å². The predicted molar refractivity (Wildman–Crippen MR) is 78.0 cm³/mol. The second kappa shape index (κ2) is 5.98. The first-order chi connectivity index (χ1) is 9.29. The second-order valence-corrected chi connectivity index (χ2v) is 6.35. The van der Waals surface area contributed by atoms with Crippen molar-refractivity contribution in [3.8, 4) is 0 Å². The van der Waals surface area contributed by atoms with E-state index in [2.05, 4.69) is 36.2 Å². The Morgan fingerprint density at radius 2 is 1.95 bits per heavy atom. The topological polar surface area (TPSA) is 50.7 Å². The molecule has 19 heavy (non-hydrogen) atoms. The Balaban J connectivity index is 1.59. The molecule has 0 bridgehead atoms. The molecule has 2 aromatic rings. The van der Waals surface area contributed by atoms with E-state index in [9.17, 15) is 0 Å². The first-order valence-corrected chi connectivity index (χ1v) is 7.74. The van der Waals surface area contributed by atoms with Gasteiger partial charge in [0, 0.05) is 41.2 Å². The van der Waals surface area contributed by atoms with Gasteiger partial charge in [0.1, 0.15) is 5.03 Å². The normalized spacial score (nSPS) is 14.6. The van der Waals surface area contributed by atoms with Crippen LogP contribution in [0.15, 0.2) is 45.4 Å². The van der Waals surface area contributed by atoms with Crippen molar-refractivity contribution in [1.82, 2.24) is 20.3 Å². The molecule has 1 N–H and O–H groups in total. The summed E-state index contributed by atoms with van der Waals surface area (Å²) in [4.78, 5) is 13.0. The molecule has 0 atom stereocenters. The van der Waals surface area contributed by atoms with E-state index in [0.717, 1.165) is 26.8 Å². The highest BCUT2D eigenvalue weighted by Crippen LogP contribution is 2.23. The average molecular weight is 337 g/mol. The van der Waals surface area contributed by atoms with Gasteiger partial charge in [0.25, 0.3) is 0 Å². The van der Waals surface area contributed by atoms with Gasteiger partial charge in [-0.15, -0.1) is 0 Å². The highest BCUT2D eigenvalue weighted by Gasteiger charge is 2.19.